The van der Waals surface area contributed by atoms with E-state index in [2.05, 4.69) is 36.5 Å². The Hall–Kier alpha value is -1.67. The number of hydrogen-bond donors (Lipinski definition) is 1. The van der Waals surface area contributed by atoms with Crippen LogP contribution < -0.4 is 5.32 Å². The Kier molecular flexibility index (Phi) is 4.35. The lowest BCUT2D eigenvalue weighted by molar-refractivity contribution is 0.574. The molecule has 1 nitrogen and oxygen atoms in total. The zero-order valence-corrected chi connectivity index (χ0v) is 12.5. The second-order valence-corrected chi connectivity index (χ2v) is 6.12. The maximum absolute atomic E-state index is 13.1. The van der Waals surface area contributed by atoms with E-state index < -0.39 is 0 Å². The van der Waals surface area contributed by atoms with Gasteiger partial charge in [-0.15, -0.1) is 0 Å². The van der Waals surface area contributed by atoms with Crippen LogP contribution in [-0.2, 0) is 6.42 Å². The minimum atomic E-state index is -0.164. The van der Waals surface area contributed by atoms with E-state index in [1.54, 1.807) is 12.1 Å². The van der Waals surface area contributed by atoms with Gasteiger partial charge in [-0.2, -0.15) is 0 Å². The molecule has 1 unspecified atom stereocenters. The van der Waals surface area contributed by atoms with Crippen LogP contribution in [0.5, 0.6) is 0 Å². The first-order valence-corrected chi connectivity index (χ1v) is 7.75. The first-order valence-electron chi connectivity index (χ1n) is 7.75. The molecule has 2 aromatic carbocycles. The molecule has 3 rings (SSSR count). The second-order valence-electron chi connectivity index (χ2n) is 6.12. The van der Waals surface area contributed by atoms with Crippen LogP contribution in [0.3, 0.4) is 0 Å². The highest BCUT2D eigenvalue weighted by atomic mass is 19.1. The summed E-state index contributed by atoms with van der Waals surface area (Å²) in [5.74, 6) is 0.233. The number of nitrogens with one attached hydrogen (secondary N) is 1. The highest BCUT2D eigenvalue weighted by Crippen LogP contribution is 2.24. The van der Waals surface area contributed by atoms with Crippen molar-refractivity contribution in [3.8, 4) is 0 Å². The van der Waals surface area contributed by atoms with Crippen molar-refractivity contribution in [1.82, 2.24) is 5.32 Å². The van der Waals surface area contributed by atoms with Crippen LogP contribution in [0.1, 0.15) is 35.4 Å². The Bertz CT molecular complexity index is 587. The minimum Gasteiger partial charge on any atom is -0.313 e. The summed E-state index contributed by atoms with van der Waals surface area (Å²) < 4.78 is 13.1. The van der Waals surface area contributed by atoms with E-state index in [-0.39, 0.29) is 5.82 Å². The number of aryl methyl sites for hydroxylation is 1. The van der Waals surface area contributed by atoms with E-state index in [4.69, 9.17) is 0 Å². The van der Waals surface area contributed by atoms with Gasteiger partial charge in [0.2, 0.25) is 0 Å². The molecular weight excluding hydrogens is 261 g/mol. The first kappa shape index (κ1) is 14.3. The van der Waals surface area contributed by atoms with Gasteiger partial charge in [-0.1, -0.05) is 42.0 Å². The molecule has 1 fully saturated rings. The van der Waals surface area contributed by atoms with Crippen LogP contribution >= 0.6 is 0 Å². The van der Waals surface area contributed by atoms with E-state index in [1.807, 2.05) is 12.1 Å². The SMILES string of the molecule is Cc1cccc(CC(CNC2CC2)c2ccc(F)cc2)c1. The predicted molar refractivity (Wildman–Crippen MR) is 85.0 cm³/mol. The quantitative estimate of drug-likeness (QED) is 0.837. The molecule has 1 atom stereocenters. The molecule has 0 radical (unpaired) electrons. The maximum atomic E-state index is 13.1. The van der Waals surface area contributed by atoms with Gasteiger partial charge >= 0.3 is 0 Å². The smallest absolute Gasteiger partial charge is 0.123 e. The molecule has 0 aromatic heterocycles. The molecule has 2 heteroatoms. The third kappa shape index (κ3) is 4.15. The van der Waals surface area contributed by atoms with Crippen molar-refractivity contribution in [3.63, 3.8) is 0 Å². The van der Waals surface area contributed by atoms with Crippen LogP contribution in [0, 0.1) is 12.7 Å². The molecule has 0 spiro atoms. The average molecular weight is 283 g/mol. The predicted octanol–water partition coefficient (Wildman–Crippen LogP) is 4.21. The molecule has 0 aliphatic heterocycles. The summed E-state index contributed by atoms with van der Waals surface area (Å²) in [7, 11) is 0. The van der Waals surface area contributed by atoms with Crippen molar-refractivity contribution in [2.75, 3.05) is 6.54 Å². The fourth-order valence-electron chi connectivity index (χ4n) is 2.76. The Morgan fingerprint density at radius 3 is 2.57 bits per heavy atom. The average Bonchev–Trinajstić information content (AvgIpc) is 3.29. The Morgan fingerprint density at radius 1 is 1.14 bits per heavy atom. The van der Waals surface area contributed by atoms with Crippen molar-refractivity contribution in [1.29, 1.82) is 0 Å². The van der Waals surface area contributed by atoms with Crippen LogP contribution in [0.15, 0.2) is 48.5 Å². The molecule has 2 aromatic rings. The van der Waals surface area contributed by atoms with Gasteiger partial charge in [0.15, 0.2) is 0 Å². The molecular formula is C19H22FN. The van der Waals surface area contributed by atoms with Crippen LogP contribution in [-0.4, -0.2) is 12.6 Å². The zero-order chi connectivity index (χ0) is 14.7. The van der Waals surface area contributed by atoms with Gasteiger partial charge in [-0.25, -0.2) is 4.39 Å². The molecule has 0 bridgehead atoms. The van der Waals surface area contributed by atoms with E-state index in [0.717, 1.165) is 13.0 Å². The largest absolute Gasteiger partial charge is 0.313 e. The first-order chi connectivity index (χ1) is 10.2. The highest BCUT2D eigenvalue weighted by Gasteiger charge is 2.22. The van der Waals surface area contributed by atoms with E-state index in [1.165, 1.54) is 29.5 Å². The van der Waals surface area contributed by atoms with Gasteiger partial charge in [0, 0.05) is 18.5 Å². The number of hydrogen-bond acceptors (Lipinski definition) is 1. The summed E-state index contributed by atoms with van der Waals surface area (Å²) >= 11 is 0. The molecule has 1 aliphatic carbocycles. The van der Waals surface area contributed by atoms with Crippen molar-refractivity contribution in [3.05, 3.63) is 71.0 Å². The third-order valence-electron chi connectivity index (χ3n) is 4.14. The molecule has 1 aliphatic rings. The fourth-order valence-corrected chi connectivity index (χ4v) is 2.76. The summed E-state index contributed by atoms with van der Waals surface area (Å²) in [5, 5.41) is 3.61. The Labute approximate surface area is 126 Å². The summed E-state index contributed by atoms with van der Waals surface area (Å²) in [6.45, 7) is 3.09. The summed E-state index contributed by atoms with van der Waals surface area (Å²) in [6, 6.07) is 16.3. The number of rotatable bonds is 6. The fraction of sp³-hybridized carbons (Fsp3) is 0.368. The third-order valence-corrected chi connectivity index (χ3v) is 4.14. The standard InChI is InChI=1S/C19H22FN/c1-14-3-2-4-15(11-14)12-17(13-21-19-9-10-19)16-5-7-18(20)8-6-16/h2-8,11,17,19,21H,9-10,12-13H2,1H3. The molecule has 0 saturated heterocycles. The van der Waals surface area contributed by atoms with Crippen LogP contribution in [0.2, 0.25) is 0 Å². The molecule has 110 valence electrons. The molecule has 21 heavy (non-hydrogen) atoms. The lowest BCUT2D eigenvalue weighted by atomic mass is 9.91. The van der Waals surface area contributed by atoms with E-state index in [9.17, 15) is 4.39 Å². The molecule has 1 saturated carbocycles. The van der Waals surface area contributed by atoms with E-state index in [0.29, 0.717) is 12.0 Å². The number of benzene rings is 2. The summed E-state index contributed by atoms with van der Waals surface area (Å²) in [4.78, 5) is 0. The molecule has 0 heterocycles. The lowest BCUT2D eigenvalue weighted by Crippen LogP contribution is -2.24. The molecule has 0 amide bonds. The Morgan fingerprint density at radius 2 is 1.90 bits per heavy atom. The normalized spacial score (nSPS) is 15.9. The van der Waals surface area contributed by atoms with Gasteiger partial charge in [0.1, 0.15) is 5.82 Å². The van der Waals surface area contributed by atoms with Crippen molar-refractivity contribution in [2.45, 2.75) is 38.1 Å². The van der Waals surface area contributed by atoms with Gasteiger partial charge in [0.25, 0.3) is 0 Å². The van der Waals surface area contributed by atoms with Gasteiger partial charge in [0.05, 0.1) is 0 Å². The van der Waals surface area contributed by atoms with Gasteiger partial charge in [-0.05, 0) is 49.4 Å². The maximum Gasteiger partial charge on any atom is 0.123 e. The van der Waals surface area contributed by atoms with Crippen molar-refractivity contribution < 1.29 is 4.39 Å². The Balaban J connectivity index is 1.75. The monoisotopic (exact) mass is 283 g/mol. The topological polar surface area (TPSA) is 12.0 Å². The van der Waals surface area contributed by atoms with Crippen LogP contribution in [0.4, 0.5) is 4.39 Å². The summed E-state index contributed by atoms with van der Waals surface area (Å²) in [5.41, 5.74) is 3.86. The van der Waals surface area contributed by atoms with Gasteiger partial charge in [-0.3, -0.25) is 0 Å². The zero-order valence-electron chi connectivity index (χ0n) is 12.5. The minimum absolute atomic E-state index is 0.164. The van der Waals surface area contributed by atoms with Crippen LogP contribution in [0.25, 0.3) is 0 Å². The van der Waals surface area contributed by atoms with Crippen molar-refractivity contribution in [2.24, 2.45) is 0 Å². The van der Waals surface area contributed by atoms with Crippen molar-refractivity contribution >= 4 is 0 Å². The summed E-state index contributed by atoms with van der Waals surface area (Å²) in [6.07, 6.45) is 3.58. The molecule has 1 N–H and O–H groups in total. The highest BCUT2D eigenvalue weighted by molar-refractivity contribution is 5.27. The second kappa shape index (κ2) is 6.40. The van der Waals surface area contributed by atoms with Gasteiger partial charge < -0.3 is 5.32 Å². The lowest BCUT2D eigenvalue weighted by Gasteiger charge is -2.19. The van der Waals surface area contributed by atoms with E-state index >= 15 is 0 Å². The number of halogens is 1.